The summed E-state index contributed by atoms with van der Waals surface area (Å²) >= 11 is 0. The van der Waals surface area contributed by atoms with Crippen LogP contribution in [0.15, 0.2) is 36.4 Å². The highest BCUT2D eigenvalue weighted by Crippen LogP contribution is 2.37. The Morgan fingerprint density at radius 2 is 1.85 bits per heavy atom. The number of likely N-dealkylation sites (tertiary alicyclic amines) is 1. The summed E-state index contributed by atoms with van der Waals surface area (Å²) in [5.74, 6) is 1.10. The fourth-order valence-corrected chi connectivity index (χ4v) is 7.48. The molecular weight excluding hydrogens is 510 g/mol. The quantitative estimate of drug-likeness (QED) is 0.412. The van der Waals surface area contributed by atoms with Gasteiger partial charge >= 0.3 is 6.01 Å². The van der Waals surface area contributed by atoms with Crippen LogP contribution in [0.25, 0.3) is 10.8 Å². The molecule has 2 aromatic carbocycles. The van der Waals surface area contributed by atoms with Crippen molar-refractivity contribution in [1.29, 1.82) is 5.26 Å². The minimum absolute atomic E-state index is 0.430. The number of nitrogens with zero attached hydrogens (tertiary/aromatic N) is 6. The normalized spacial score (nSPS) is 24.0. The van der Waals surface area contributed by atoms with E-state index in [0.29, 0.717) is 37.2 Å². The molecule has 3 aromatic rings. The molecule has 0 amide bonds. The van der Waals surface area contributed by atoms with Crippen LogP contribution in [0.5, 0.6) is 6.01 Å². The number of anilines is 2. The SMILES string of the molecule is CN1CCC[C@H]1COc1nc2c(c(N3CC4CCC(C3)N4)n1)CCN(c1cccc3cccc(CCCC#N)c13)C2. The molecule has 1 N–H and O–H groups in total. The Morgan fingerprint density at radius 1 is 1.02 bits per heavy atom. The van der Waals surface area contributed by atoms with Crippen LogP contribution >= 0.6 is 0 Å². The lowest BCUT2D eigenvalue weighted by Gasteiger charge is -2.37. The molecule has 3 atom stereocenters. The van der Waals surface area contributed by atoms with E-state index in [4.69, 9.17) is 20.0 Å². The van der Waals surface area contributed by atoms with Crippen molar-refractivity contribution in [2.24, 2.45) is 0 Å². The number of unbranched alkanes of at least 4 members (excludes halogenated alkanes) is 1. The van der Waals surface area contributed by atoms with Gasteiger partial charge in [0.05, 0.1) is 18.3 Å². The lowest BCUT2D eigenvalue weighted by molar-refractivity contribution is 0.187. The number of hydrogen-bond acceptors (Lipinski definition) is 8. The number of nitrogens with one attached hydrogen (secondary N) is 1. The van der Waals surface area contributed by atoms with Crippen LogP contribution in [0.1, 0.15) is 55.3 Å². The molecule has 8 nitrogen and oxygen atoms in total. The summed E-state index contributed by atoms with van der Waals surface area (Å²) in [4.78, 5) is 17.6. The number of likely N-dealkylation sites (N-methyl/N-ethyl adjacent to an activating group) is 1. The summed E-state index contributed by atoms with van der Waals surface area (Å²) in [6, 6.07) is 17.6. The summed E-state index contributed by atoms with van der Waals surface area (Å²) in [5.41, 5.74) is 4.97. The molecular formula is C33H41N7O. The third-order valence-electron chi connectivity index (χ3n) is 9.66. The number of aromatic nitrogens is 2. The van der Waals surface area contributed by atoms with E-state index in [1.165, 1.54) is 53.3 Å². The molecule has 41 heavy (non-hydrogen) atoms. The van der Waals surface area contributed by atoms with E-state index in [-0.39, 0.29) is 0 Å². The number of piperazine rings is 1. The largest absolute Gasteiger partial charge is 0.462 e. The summed E-state index contributed by atoms with van der Waals surface area (Å²) < 4.78 is 6.36. The molecule has 5 heterocycles. The zero-order valence-electron chi connectivity index (χ0n) is 24.2. The van der Waals surface area contributed by atoms with Crippen molar-refractivity contribution in [3.8, 4) is 12.1 Å². The van der Waals surface area contributed by atoms with Crippen molar-refractivity contribution < 1.29 is 4.74 Å². The van der Waals surface area contributed by atoms with E-state index in [9.17, 15) is 0 Å². The number of ether oxygens (including phenoxy) is 1. The Balaban J connectivity index is 1.22. The van der Waals surface area contributed by atoms with Gasteiger partial charge in [0.25, 0.3) is 0 Å². The molecule has 0 aliphatic carbocycles. The van der Waals surface area contributed by atoms with Crippen LogP contribution in [-0.4, -0.2) is 72.8 Å². The van der Waals surface area contributed by atoms with Crippen LogP contribution < -0.4 is 19.9 Å². The first-order valence-corrected chi connectivity index (χ1v) is 15.5. The molecule has 1 aromatic heterocycles. The van der Waals surface area contributed by atoms with Gasteiger partial charge in [0.1, 0.15) is 12.4 Å². The van der Waals surface area contributed by atoms with E-state index in [0.717, 1.165) is 63.5 Å². The van der Waals surface area contributed by atoms with Gasteiger partial charge in [0, 0.05) is 60.8 Å². The fourth-order valence-electron chi connectivity index (χ4n) is 7.48. The van der Waals surface area contributed by atoms with E-state index in [1.54, 1.807) is 0 Å². The maximum atomic E-state index is 9.10. The molecule has 214 valence electrons. The van der Waals surface area contributed by atoms with E-state index in [2.05, 4.69) is 69.5 Å². The average molecular weight is 552 g/mol. The van der Waals surface area contributed by atoms with E-state index in [1.807, 2.05) is 0 Å². The molecule has 0 spiro atoms. The van der Waals surface area contributed by atoms with Crippen LogP contribution in [-0.2, 0) is 19.4 Å². The Morgan fingerprint density at radius 3 is 2.63 bits per heavy atom. The van der Waals surface area contributed by atoms with Gasteiger partial charge in [-0.3, -0.25) is 0 Å². The highest BCUT2D eigenvalue weighted by Gasteiger charge is 2.35. The molecule has 0 radical (unpaired) electrons. The minimum atomic E-state index is 0.430. The molecule has 4 aliphatic heterocycles. The maximum Gasteiger partial charge on any atom is 0.318 e. The molecule has 0 saturated carbocycles. The Bertz CT molecular complexity index is 1430. The highest BCUT2D eigenvalue weighted by atomic mass is 16.5. The highest BCUT2D eigenvalue weighted by molar-refractivity contribution is 5.97. The number of fused-ring (bicyclic) bond motifs is 4. The van der Waals surface area contributed by atoms with Gasteiger partial charge in [0.2, 0.25) is 0 Å². The summed E-state index contributed by atoms with van der Waals surface area (Å²) in [5, 5.41) is 15.4. The first-order chi connectivity index (χ1) is 20.2. The van der Waals surface area contributed by atoms with Crippen molar-refractivity contribution in [2.75, 3.05) is 49.6 Å². The monoisotopic (exact) mass is 551 g/mol. The van der Waals surface area contributed by atoms with Crippen molar-refractivity contribution >= 4 is 22.3 Å². The molecule has 2 bridgehead atoms. The van der Waals surface area contributed by atoms with Gasteiger partial charge in [-0.25, -0.2) is 0 Å². The van der Waals surface area contributed by atoms with Gasteiger partial charge in [-0.15, -0.1) is 0 Å². The number of aryl methyl sites for hydroxylation is 1. The Hall–Kier alpha value is -3.41. The second-order valence-corrected chi connectivity index (χ2v) is 12.4. The minimum Gasteiger partial charge on any atom is -0.462 e. The fraction of sp³-hybridized carbons (Fsp3) is 0.545. The maximum absolute atomic E-state index is 9.10. The number of hydrogen-bond donors (Lipinski definition) is 1. The molecule has 4 aliphatic rings. The molecule has 2 unspecified atom stereocenters. The summed E-state index contributed by atoms with van der Waals surface area (Å²) in [6.07, 6.45) is 8.19. The summed E-state index contributed by atoms with van der Waals surface area (Å²) in [7, 11) is 2.19. The van der Waals surface area contributed by atoms with Crippen LogP contribution in [0, 0.1) is 11.3 Å². The van der Waals surface area contributed by atoms with Gasteiger partial charge in [-0.05, 0) is 75.6 Å². The van der Waals surface area contributed by atoms with E-state index < -0.39 is 0 Å². The van der Waals surface area contributed by atoms with Crippen molar-refractivity contribution in [1.82, 2.24) is 20.2 Å². The van der Waals surface area contributed by atoms with Gasteiger partial charge < -0.3 is 24.8 Å². The first-order valence-electron chi connectivity index (χ1n) is 15.5. The standard InChI is InChI=1S/C33H41N7O/c1-38-17-6-11-27(38)22-41-33-36-29-21-39(18-15-28(29)32(37-33)40-19-25-13-14-26(20-40)35-25)30-12-5-10-24-9-4-8-23(31(24)30)7-2-3-16-34/h4-5,8-10,12,25-27,35H,2-3,6-7,11,13-15,17-22H2,1H3/t25?,26?,27-/m0/s1. The predicted molar refractivity (Wildman–Crippen MR) is 163 cm³/mol. The molecule has 3 fully saturated rings. The van der Waals surface area contributed by atoms with E-state index >= 15 is 0 Å². The molecule has 8 heteroatoms. The molecule has 7 rings (SSSR count). The third-order valence-corrected chi connectivity index (χ3v) is 9.66. The van der Waals surface area contributed by atoms with Crippen LogP contribution in [0.3, 0.4) is 0 Å². The third kappa shape index (κ3) is 5.33. The van der Waals surface area contributed by atoms with Crippen molar-refractivity contribution in [2.45, 2.75) is 76.0 Å². The van der Waals surface area contributed by atoms with Gasteiger partial charge in [-0.1, -0.05) is 30.3 Å². The Kier molecular flexibility index (Phi) is 7.40. The Labute approximate surface area is 243 Å². The zero-order valence-corrected chi connectivity index (χ0v) is 24.2. The lowest BCUT2D eigenvalue weighted by atomic mass is 9.96. The topological polar surface area (TPSA) is 80.6 Å². The van der Waals surface area contributed by atoms with Gasteiger partial charge in [0.15, 0.2) is 0 Å². The van der Waals surface area contributed by atoms with Crippen LogP contribution in [0.4, 0.5) is 11.5 Å². The van der Waals surface area contributed by atoms with Crippen molar-refractivity contribution in [3.05, 3.63) is 53.2 Å². The first kappa shape index (κ1) is 26.5. The number of rotatable bonds is 8. The zero-order chi connectivity index (χ0) is 27.8. The van der Waals surface area contributed by atoms with Gasteiger partial charge in [-0.2, -0.15) is 15.2 Å². The average Bonchev–Trinajstić information content (AvgIpc) is 3.57. The lowest BCUT2D eigenvalue weighted by Crippen LogP contribution is -2.52. The second-order valence-electron chi connectivity index (χ2n) is 12.4. The molecule has 3 saturated heterocycles. The van der Waals surface area contributed by atoms with Crippen molar-refractivity contribution in [3.63, 3.8) is 0 Å². The summed E-state index contributed by atoms with van der Waals surface area (Å²) in [6.45, 7) is 5.46. The second kappa shape index (κ2) is 11.5. The number of benzene rings is 2. The predicted octanol–water partition coefficient (Wildman–Crippen LogP) is 4.45. The smallest absolute Gasteiger partial charge is 0.318 e. The number of nitriles is 1. The van der Waals surface area contributed by atoms with Crippen LogP contribution in [0.2, 0.25) is 0 Å².